The van der Waals surface area contributed by atoms with Crippen LogP contribution in [0.25, 0.3) is 10.1 Å². The molecule has 0 aliphatic rings. The van der Waals surface area contributed by atoms with Gasteiger partial charge in [0.25, 0.3) is 0 Å². The van der Waals surface area contributed by atoms with E-state index in [2.05, 4.69) is 64.5 Å². The van der Waals surface area contributed by atoms with Gasteiger partial charge in [0.2, 0.25) is 0 Å². The fourth-order valence-electron chi connectivity index (χ4n) is 2.10. The molecule has 0 fully saturated rings. The van der Waals surface area contributed by atoms with Crippen molar-refractivity contribution in [1.82, 2.24) is 0 Å². The van der Waals surface area contributed by atoms with E-state index >= 15 is 0 Å². The van der Waals surface area contributed by atoms with Crippen LogP contribution in [0.15, 0.2) is 53.9 Å². The molecule has 3 heteroatoms. The number of fused-ring (bicyclic) bond motifs is 1. The molecule has 2 nitrogen and oxygen atoms in total. The lowest BCUT2D eigenvalue weighted by atomic mass is 10.2. The number of rotatable bonds is 4. The fourth-order valence-corrected chi connectivity index (χ4v) is 3.02. The molecule has 1 heterocycles. The third kappa shape index (κ3) is 2.56. The topological polar surface area (TPSA) is 24.1 Å². The largest absolute Gasteiger partial charge is 0.388 e. The average Bonchev–Trinajstić information content (AvgIpc) is 2.89. The minimum Gasteiger partial charge on any atom is -0.388 e. The number of hydrogen-bond acceptors (Lipinski definition) is 3. The molecule has 2 aromatic carbocycles. The zero-order valence-corrected chi connectivity index (χ0v) is 11.6. The smallest absolute Gasteiger partial charge is 0.0531 e. The summed E-state index contributed by atoms with van der Waals surface area (Å²) in [6, 6.07) is 17.0. The Morgan fingerprint density at radius 1 is 1.00 bits per heavy atom. The van der Waals surface area contributed by atoms with Gasteiger partial charge in [0.1, 0.15) is 0 Å². The van der Waals surface area contributed by atoms with Gasteiger partial charge in [0.05, 0.1) is 5.69 Å². The molecule has 19 heavy (non-hydrogen) atoms. The van der Waals surface area contributed by atoms with Gasteiger partial charge in [-0.2, -0.15) is 0 Å². The summed E-state index contributed by atoms with van der Waals surface area (Å²) in [5.41, 5.74) is 3.65. The Morgan fingerprint density at radius 2 is 1.79 bits per heavy atom. The summed E-state index contributed by atoms with van der Waals surface area (Å²) in [4.78, 5) is 0. The lowest BCUT2D eigenvalue weighted by Crippen LogP contribution is -1.98. The highest BCUT2D eigenvalue weighted by atomic mass is 32.1. The van der Waals surface area contributed by atoms with E-state index in [1.54, 1.807) is 11.3 Å². The number of benzene rings is 2. The molecule has 0 saturated carbocycles. The molecule has 1 aromatic heterocycles. The molecule has 0 amide bonds. The summed E-state index contributed by atoms with van der Waals surface area (Å²) in [7, 11) is 1.94. The van der Waals surface area contributed by atoms with E-state index in [-0.39, 0.29) is 0 Å². The molecule has 0 spiro atoms. The van der Waals surface area contributed by atoms with Gasteiger partial charge in [-0.25, -0.2) is 0 Å². The second kappa shape index (κ2) is 5.33. The van der Waals surface area contributed by atoms with Crippen LogP contribution in [0, 0.1) is 0 Å². The van der Waals surface area contributed by atoms with Crippen LogP contribution in [0.3, 0.4) is 0 Å². The van der Waals surface area contributed by atoms with Crippen molar-refractivity contribution in [1.29, 1.82) is 0 Å². The maximum Gasteiger partial charge on any atom is 0.0531 e. The summed E-state index contributed by atoms with van der Waals surface area (Å²) in [6.45, 7) is 0.852. The van der Waals surface area contributed by atoms with Crippen molar-refractivity contribution in [3.05, 3.63) is 59.5 Å². The van der Waals surface area contributed by atoms with Crippen molar-refractivity contribution in [2.45, 2.75) is 6.54 Å². The maximum atomic E-state index is 3.51. The Kier molecular flexibility index (Phi) is 3.38. The first-order chi connectivity index (χ1) is 9.36. The zero-order chi connectivity index (χ0) is 13.1. The van der Waals surface area contributed by atoms with Crippen LogP contribution in [0.4, 0.5) is 11.4 Å². The third-order valence-corrected chi connectivity index (χ3v) is 4.17. The number of anilines is 2. The monoisotopic (exact) mass is 268 g/mol. The van der Waals surface area contributed by atoms with Crippen LogP contribution in [0.1, 0.15) is 5.56 Å². The second-order valence-corrected chi connectivity index (χ2v) is 5.36. The van der Waals surface area contributed by atoms with E-state index in [4.69, 9.17) is 0 Å². The third-order valence-electron chi connectivity index (χ3n) is 3.21. The molecule has 3 aromatic rings. The van der Waals surface area contributed by atoms with Crippen molar-refractivity contribution in [2.75, 3.05) is 17.7 Å². The van der Waals surface area contributed by atoms with Crippen LogP contribution in [-0.2, 0) is 6.54 Å². The lowest BCUT2D eigenvalue weighted by molar-refractivity contribution is 1.16. The minimum absolute atomic E-state index is 0.852. The molecular formula is C16H16N2S. The average molecular weight is 268 g/mol. The Balaban J connectivity index is 1.74. The molecule has 0 saturated heterocycles. The molecule has 0 atom stereocenters. The summed E-state index contributed by atoms with van der Waals surface area (Å²) >= 11 is 1.78. The quantitative estimate of drug-likeness (QED) is 0.725. The normalized spacial score (nSPS) is 10.6. The van der Waals surface area contributed by atoms with E-state index < -0.39 is 0 Å². The first-order valence-electron chi connectivity index (χ1n) is 6.33. The Bertz CT molecular complexity index is 671. The number of nitrogens with one attached hydrogen (secondary N) is 2. The Hall–Kier alpha value is -2.00. The first kappa shape index (κ1) is 12.1. The Morgan fingerprint density at radius 3 is 2.58 bits per heavy atom. The molecule has 96 valence electrons. The molecule has 0 radical (unpaired) electrons. The highest BCUT2D eigenvalue weighted by molar-refractivity contribution is 7.17. The van der Waals surface area contributed by atoms with Crippen LogP contribution in [0.5, 0.6) is 0 Å². The summed E-state index contributed by atoms with van der Waals surface area (Å²) in [5, 5.41) is 10.1. The van der Waals surface area contributed by atoms with Gasteiger partial charge in [-0.15, -0.1) is 11.3 Å². The summed E-state index contributed by atoms with van der Waals surface area (Å²) < 4.78 is 1.33. The van der Waals surface area contributed by atoms with Gasteiger partial charge >= 0.3 is 0 Å². The predicted octanol–water partition coefficient (Wildman–Crippen LogP) is 4.56. The molecule has 0 bridgehead atoms. The number of thiophene rings is 1. The van der Waals surface area contributed by atoms with Crippen molar-refractivity contribution >= 4 is 32.8 Å². The van der Waals surface area contributed by atoms with Crippen LogP contribution >= 0.6 is 11.3 Å². The van der Waals surface area contributed by atoms with Crippen molar-refractivity contribution < 1.29 is 0 Å². The highest BCUT2D eigenvalue weighted by Crippen LogP contribution is 2.30. The highest BCUT2D eigenvalue weighted by Gasteiger charge is 2.02. The standard InChI is InChI=1S/C16H16N2S/c1-17-13-8-6-12(7-9-13)10-18-15-11-19-16-5-3-2-4-14(15)16/h2-9,11,17-18H,10H2,1H3. The van der Waals surface area contributed by atoms with Gasteiger partial charge in [-0.05, 0) is 23.8 Å². The zero-order valence-electron chi connectivity index (χ0n) is 10.8. The fraction of sp³-hybridized carbons (Fsp3) is 0.125. The molecule has 0 unspecified atom stereocenters. The number of hydrogen-bond donors (Lipinski definition) is 2. The van der Waals surface area contributed by atoms with E-state index in [9.17, 15) is 0 Å². The SMILES string of the molecule is CNc1ccc(CNc2csc3ccccc23)cc1. The molecule has 3 rings (SSSR count). The van der Waals surface area contributed by atoms with E-state index in [1.807, 2.05) is 7.05 Å². The maximum absolute atomic E-state index is 3.51. The molecule has 0 aliphatic carbocycles. The van der Waals surface area contributed by atoms with E-state index in [0.717, 1.165) is 12.2 Å². The first-order valence-corrected chi connectivity index (χ1v) is 7.21. The van der Waals surface area contributed by atoms with Gasteiger partial charge < -0.3 is 10.6 Å². The van der Waals surface area contributed by atoms with Crippen LogP contribution in [-0.4, -0.2) is 7.05 Å². The van der Waals surface area contributed by atoms with E-state index in [1.165, 1.54) is 21.3 Å². The van der Waals surface area contributed by atoms with Crippen molar-refractivity contribution in [2.24, 2.45) is 0 Å². The van der Waals surface area contributed by atoms with Gasteiger partial charge in [0.15, 0.2) is 0 Å². The van der Waals surface area contributed by atoms with E-state index in [0.29, 0.717) is 0 Å². The summed E-state index contributed by atoms with van der Waals surface area (Å²) in [5.74, 6) is 0. The summed E-state index contributed by atoms with van der Waals surface area (Å²) in [6.07, 6.45) is 0. The lowest BCUT2D eigenvalue weighted by Gasteiger charge is -2.06. The van der Waals surface area contributed by atoms with Crippen molar-refractivity contribution in [3.8, 4) is 0 Å². The predicted molar refractivity (Wildman–Crippen MR) is 85.1 cm³/mol. The second-order valence-electron chi connectivity index (χ2n) is 4.45. The Labute approximate surface area is 117 Å². The van der Waals surface area contributed by atoms with Gasteiger partial charge in [-0.3, -0.25) is 0 Å². The van der Waals surface area contributed by atoms with Crippen LogP contribution in [0.2, 0.25) is 0 Å². The van der Waals surface area contributed by atoms with Crippen molar-refractivity contribution in [3.63, 3.8) is 0 Å². The van der Waals surface area contributed by atoms with Gasteiger partial charge in [-0.1, -0.05) is 30.3 Å². The minimum atomic E-state index is 0.852. The molecule has 2 N–H and O–H groups in total. The molecular weight excluding hydrogens is 252 g/mol. The van der Waals surface area contributed by atoms with Gasteiger partial charge in [0, 0.05) is 34.7 Å². The van der Waals surface area contributed by atoms with Crippen LogP contribution < -0.4 is 10.6 Å². The molecule has 0 aliphatic heterocycles.